The van der Waals surface area contributed by atoms with Crippen LogP contribution in [0.3, 0.4) is 0 Å². The molecule has 0 radical (unpaired) electrons. The van der Waals surface area contributed by atoms with Crippen LogP contribution in [0.4, 0.5) is 5.13 Å². The van der Waals surface area contributed by atoms with Crippen LogP contribution in [0.15, 0.2) is 74.8 Å². The number of amides is 1. The first kappa shape index (κ1) is 20.1. The highest BCUT2D eigenvalue weighted by molar-refractivity contribution is 7.99. The van der Waals surface area contributed by atoms with Gasteiger partial charge in [0.15, 0.2) is 5.13 Å². The van der Waals surface area contributed by atoms with Gasteiger partial charge in [-0.05, 0) is 13.0 Å². The Morgan fingerprint density at radius 1 is 1.27 bits per heavy atom. The summed E-state index contributed by atoms with van der Waals surface area (Å²) in [4.78, 5) is 19.1. The predicted molar refractivity (Wildman–Crippen MR) is 118 cm³/mol. The third-order valence-electron chi connectivity index (χ3n) is 4.22. The summed E-state index contributed by atoms with van der Waals surface area (Å²) in [6.07, 6.45) is 3.24. The van der Waals surface area contributed by atoms with Gasteiger partial charge in [-0.1, -0.05) is 48.2 Å². The van der Waals surface area contributed by atoms with Crippen molar-refractivity contribution in [2.24, 2.45) is 0 Å². The highest BCUT2D eigenvalue weighted by Gasteiger charge is 2.20. The van der Waals surface area contributed by atoms with E-state index in [1.807, 2.05) is 42.6 Å². The van der Waals surface area contributed by atoms with Crippen LogP contribution in [0.2, 0.25) is 0 Å². The molecule has 0 aliphatic rings. The van der Waals surface area contributed by atoms with Crippen LogP contribution in [0.1, 0.15) is 5.76 Å². The molecule has 0 atom stereocenters. The zero-order valence-electron chi connectivity index (χ0n) is 16.1. The summed E-state index contributed by atoms with van der Waals surface area (Å²) in [5.41, 5.74) is 2.58. The van der Waals surface area contributed by atoms with Crippen LogP contribution in [0.25, 0.3) is 22.7 Å². The lowest BCUT2D eigenvalue weighted by Crippen LogP contribution is -2.32. The first-order valence-corrected chi connectivity index (χ1v) is 10.9. The Morgan fingerprint density at radius 2 is 2.10 bits per heavy atom. The normalized spacial score (nSPS) is 10.8. The number of hydrogen-bond acceptors (Lipinski definition) is 8. The van der Waals surface area contributed by atoms with Crippen molar-refractivity contribution in [3.8, 4) is 22.7 Å². The number of nitrogens with zero attached hydrogens (tertiary/aromatic N) is 4. The van der Waals surface area contributed by atoms with Crippen LogP contribution in [-0.2, 0) is 4.79 Å². The molecule has 0 aliphatic carbocycles. The number of thiazole rings is 1. The average molecular weight is 439 g/mol. The first-order chi connectivity index (χ1) is 14.7. The lowest BCUT2D eigenvalue weighted by Gasteiger charge is -2.17. The Balaban J connectivity index is 1.44. The van der Waals surface area contributed by atoms with Gasteiger partial charge in [0.2, 0.25) is 5.91 Å². The van der Waals surface area contributed by atoms with Gasteiger partial charge in [-0.3, -0.25) is 9.69 Å². The van der Waals surface area contributed by atoms with Gasteiger partial charge >= 0.3 is 0 Å². The predicted octanol–water partition coefficient (Wildman–Crippen LogP) is 5.07. The molecule has 1 aromatic carbocycles. The van der Waals surface area contributed by atoms with E-state index >= 15 is 0 Å². The second-order valence-corrected chi connectivity index (χ2v) is 7.99. The monoisotopic (exact) mass is 438 g/mol. The SMILES string of the molecule is C=CCN(C(=O)CSc1nnc(-c2ccoc2C)o1)c1nc(-c2ccccc2)cs1. The van der Waals surface area contributed by atoms with E-state index in [-0.39, 0.29) is 11.7 Å². The van der Waals surface area contributed by atoms with Gasteiger partial charge in [-0.15, -0.1) is 28.1 Å². The molecule has 0 aliphatic heterocycles. The van der Waals surface area contributed by atoms with Gasteiger partial charge in [-0.2, -0.15) is 0 Å². The third-order valence-corrected chi connectivity index (χ3v) is 5.89. The number of aryl methyl sites for hydroxylation is 1. The molecule has 0 unspecified atom stereocenters. The van der Waals surface area contributed by atoms with Crippen molar-refractivity contribution < 1.29 is 13.6 Å². The fourth-order valence-corrected chi connectivity index (χ4v) is 4.23. The molecule has 0 spiro atoms. The lowest BCUT2D eigenvalue weighted by molar-refractivity contribution is -0.116. The summed E-state index contributed by atoms with van der Waals surface area (Å²) in [6.45, 7) is 5.94. The van der Waals surface area contributed by atoms with Gasteiger partial charge in [0, 0.05) is 17.5 Å². The number of hydrogen-bond donors (Lipinski definition) is 0. The molecule has 4 aromatic rings. The Hall–Kier alpha value is -3.17. The standard InChI is InChI=1S/C21H18N4O3S2/c1-3-10-25(20-22-17(12-29-20)15-7-5-4-6-8-15)18(26)13-30-21-24-23-19(28-21)16-9-11-27-14(16)2/h3-9,11-12H,1,10,13H2,2H3. The highest BCUT2D eigenvalue weighted by Crippen LogP contribution is 2.29. The van der Waals surface area contributed by atoms with Crippen molar-refractivity contribution in [3.05, 3.63) is 66.5 Å². The van der Waals surface area contributed by atoms with Gasteiger partial charge in [0.1, 0.15) is 5.76 Å². The number of rotatable bonds is 8. The number of anilines is 1. The maximum Gasteiger partial charge on any atom is 0.277 e. The minimum absolute atomic E-state index is 0.117. The molecule has 3 aromatic heterocycles. The van der Waals surface area contributed by atoms with Crippen molar-refractivity contribution >= 4 is 34.1 Å². The molecule has 0 fully saturated rings. The number of benzene rings is 1. The Labute approximate surface area is 181 Å². The number of carbonyl (C=O) groups excluding carboxylic acids is 1. The summed E-state index contributed by atoms with van der Waals surface area (Å²) in [6, 6.07) is 11.6. The summed E-state index contributed by atoms with van der Waals surface area (Å²) in [5, 5.41) is 10.9. The molecule has 0 saturated heterocycles. The summed E-state index contributed by atoms with van der Waals surface area (Å²) >= 11 is 2.61. The van der Waals surface area contributed by atoms with E-state index in [0.717, 1.165) is 16.8 Å². The van der Waals surface area contributed by atoms with Crippen LogP contribution >= 0.6 is 23.1 Å². The van der Waals surface area contributed by atoms with Gasteiger partial charge in [-0.25, -0.2) is 4.98 Å². The number of thioether (sulfide) groups is 1. The molecule has 1 amide bonds. The summed E-state index contributed by atoms with van der Waals surface area (Å²) < 4.78 is 10.9. The van der Waals surface area contributed by atoms with E-state index in [1.54, 1.807) is 23.3 Å². The van der Waals surface area contributed by atoms with E-state index in [0.29, 0.717) is 28.6 Å². The quantitative estimate of drug-likeness (QED) is 0.280. The van der Waals surface area contributed by atoms with Crippen LogP contribution in [-0.4, -0.2) is 33.4 Å². The molecule has 0 saturated carbocycles. The van der Waals surface area contributed by atoms with E-state index in [4.69, 9.17) is 8.83 Å². The number of furan rings is 1. The fraction of sp³-hybridized carbons (Fsp3) is 0.143. The molecule has 0 bridgehead atoms. The Bertz CT molecular complexity index is 1150. The summed E-state index contributed by atoms with van der Waals surface area (Å²) in [7, 11) is 0. The van der Waals surface area contributed by atoms with E-state index in [1.165, 1.54) is 23.1 Å². The van der Waals surface area contributed by atoms with Crippen molar-refractivity contribution in [2.45, 2.75) is 12.1 Å². The van der Waals surface area contributed by atoms with E-state index in [2.05, 4.69) is 21.8 Å². The molecule has 30 heavy (non-hydrogen) atoms. The number of carbonyl (C=O) groups is 1. The molecule has 152 valence electrons. The molecule has 3 heterocycles. The molecule has 9 heteroatoms. The Kier molecular flexibility index (Phi) is 6.10. The summed E-state index contributed by atoms with van der Waals surface area (Å²) in [5.74, 6) is 1.08. The smallest absolute Gasteiger partial charge is 0.277 e. The van der Waals surface area contributed by atoms with E-state index < -0.39 is 0 Å². The van der Waals surface area contributed by atoms with Crippen molar-refractivity contribution in [2.75, 3.05) is 17.2 Å². The van der Waals surface area contributed by atoms with Gasteiger partial charge < -0.3 is 8.83 Å². The zero-order valence-corrected chi connectivity index (χ0v) is 17.8. The molecule has 4 rings (SSSR count). The maximum atomic E-state index is 12.9. The van der Waals surface area contributed by atoms with Crippen LogP contribution in [0.5, 0.6) is 0 Å². The molecule has 0 N–H and O–H groups in total. The first-order valence-electron chi connectivity index (χ1n) is 9.08. The zero-order chi connectivity index (χ0) is 20.9. The second-order valence-electron chi connectivity index (χ2n) is 6.23. The minimum Gasteiger partial charge on any atom is -0.469 e. The van der Waals surface area contributed by atoms with Gasteiger partial charge in [0.25, 0.3) is 11.1 Å². The molecular weight excluding hydrogens is 420 g/mol. The molecular formula is C21H18N4O3S2. The van der Waals surface area contributed by atoms with Crippen LogP contribution < -0.4 is 4.90 Å². The lowest BCUT2D eigenvalue weighted by atomic mass is 10.2. The van der Waals surface area contributed by atoms with Crippen molar-refractivity contribution in [1.82, 2.24) is 15.2 Å². The second kappa shape index (κ2) is 9.10. The van der Waals surface area contributed by atoms with Crippen molar-refractivity contribution in [1.29, 1.82) is 0 Å². The van der Waals surface area contributed by atoms with Crippen molar-refractivity contribution in [3.63, 3.8) is 0 Å². The third kappa shape index (κ3) is 4.37. The fourth-order valence-electron chi connectivity index (χ4n) is 2.73. The average Bonchev–Trinajstić information content (AvgIpc) is 3.51. The Morgan fingerprint density at radius 3 is 2.83 bits per heavy atom. The number of aromatic nitrogens is 3. The van der Waals surface area contributed by atoms with Gasteiger partial charge in [0.05, 0.1) is 23.3 Å². The van der Waals surface area contributed by atoms with Crippen LogP contribution in [0, 0.1) is 6.92 Å². The van der Waals surface area contributed by atoms with E-state index in [9.17, 15) is 4.79 Å². The minimum atomic E-state index is -0.117. The largest absolute Gasteiger partial charge is 0.469 e. The topological polar surface area (TPSA) is 85.3 Å². The molecule has 7 nitrogen and oxygen atoms in total. The maximum absolute atomic E-state index is 12.9. The highest BCUT2D eigenvalue weighted by atomic mass is 32.2.